The third-order valence-electron chi connectivity index (χ3n) is 4.93. The van der Waals surface area contributed by atoms with Gasteiger partial charge in [0.05, 0.1) is 31.1 Å². The summed E-state index contributed by atoms with van der Waals surface area (Å²) in [4.78, 5) is 11.3. The van der Waals surface area contributed by atoms with E-state index in [1.54, 1.807) is 0 Å². The number of aromatic nitrogens is 2. The maximum atomic E-state index is 12.7. The highest BCUT2D eigenvalue weighted by Gasteiger charge is 2.40. The molecule has 2 aliphatic rings. The van der Waals surface area contributed by atoms with E-state index in [9.17, 15) is 23.4 Å². The molecule has 4 atom stereocenters. The number of likely N-dealkylation sites (N-methyl/N-ethyl adjacent to an activating group) is 1. The lowest BCUT2D eigenvalue weighted by Crippen LogP contribution is -2.59. The van der Waals surface area contributed by atoms with E-state index in [-0.39, 0.29) is 12.4 Å². The third kappa shape index (κ3) is 5.05. The Labute approximate surface area is 155 Å². The lowest BCUT2D eigenvalue weighted by molar-refractivity contribution is -0.148. The van der Waals surface area contributed by atoms with Crippen LogP contribution in [0.5, 0.6) is 0 Å². The van der Waals surface area contributed by atoms with Gasteiger partial charge in [-0.1, -0.05) is 0 Å². The zero-order valence-electron chi connectivity index (χ0n) is 14.9. The van der Waals surface area contributed by atoms with Gasteiger partial charge >= 0.3 is 6.18 Å². The van der Waals surface area contributed by atoms with E-state index in [0.29, 0.717) is 12.7 Å². The monoisotopic (exact) mass is 391 g/mol. The summed E-state index contributed by atoms with van der Waals surface area (Å²) >= 11 is 0. The van der Waals surface area contributed by atoms with Crippen molar-refractivity contribution in [2.24, 2.45) is 0 Å². The van der Waals surface area contributed by atoms with Gasteiger partial charge in [0.25, 0.3) is 0 Å². The standard InChI is InChI=1S/C16H24F3N5O3/c1-23-2-4-24(5-3-23)8-11-15(26)14(25)10(9-27-11)21-13-7-20-6-12(22-13)16(17,18)19/h6-7,10-11,14-15,25-26H,2-5,8-9H2,1H3,(H,21,22). The van der Waals surface area contributed by atoms with Crippen molar-refractivity contribution >= 4 is 5.82 Å². The zero-order chi connectivity index (χ0) is 19.6. The number of anilines is 1. The van der Waals surface area contributed by atoms with Gasteiger partial charge in [-0.3, -0.25) is 9.88 Å². The molecule has 0 spiro atoms. The summed E-state index contributed by atoms with van der Waals surface area (Å²) in [6.45, 7) is 4.06. The van der Waals surface area contributed by atoms with Crippen LogP contribution in [0.15, 0.2) is 12.4 Å². The minimum absolute atomic E-state index is 0.0363. The molecule has 0 radical (unpaired) electrons. The van der Waals surface area contributed by atoms with Crippen molar-refractivity contribution in [2.75, 3.05) is 51.7 Å². The summed E-state index contributed by atoms with van der Waals surface area (Å²) in [6, 6.07) is -0.790. The molecule has 0 aromatic carbocycles. The molecule has 2 aliphatic heterocycles. The number of alkyl halides is 3. The zero-order valence-corrected chi connectivity index (χ0v) is 14.9. The van der Waals surface area contributed by atoms with Crippen LogP contribution in [0.3, 0.4) is 0 Å². The first-order valence-corrected chi connectivity index (χ1v) is 8.78. The molecule has 1 aromatic rings. The lowest BCUT2D eigenvalue weighted by atomic mass is 9.97. The van der Waals surface area contributed by atoms with Crippen molar-refractivity contribution in [2.45, 2.75) is 30.5 Å². The summed E-state index contributed by atoms with van der Waals surface area (Å²) in [5.74, 6) is -0.137. The Kier molecular flexibility index (Phi) is 6.16. The van der Waals surface area contributed by atoms with Crippen LogP contribution in [0, 0.1) is 0 Å². The van der Waals surface area contributed by atoms with Gasteiger partial charge in [0.2, 0.25) is 0 Å². The minimum Gasteiger partial charge on any atom is -0.388 e. The molecule has 4 unspecified atom stereocenters. The number of halogens is 3. The van der Waals surface area contributed by atoms with E-state index < -0.39 is 36.2 Å². The van der Waals surface area contributed by atoms with Crippen LogP contribution < -0.4 is 5.32 Å². The number of nitrogens with one attached hydrogen (secondary N) is 1. The molecule has 0 saturated carbocycles. The average molecular weight is 391 g/mol. The summed E-state index contributed by atoms with van der Waals surface area (Å²) < 4.78 is 43.9. The number of rotatable bonds is 4. The normalized spacial score (nSPS) is 31.0. The van der Waals surface area contributed by atoms with Crippen molar-refractivity contribution in [1.29, 1.82) is 0 Å². The van der Waals surface area contributed by atoms with Crippen molar-refractivity contribution in [3.05, 3.63) is 18.1 Å². The molecule has 8 nitrogen and oxygen atoms in total. The number of ether oxygens (including phenoxy) is 1. The lowest BCUT2D eigenvalue weighted by Gasteiger charge is -2.41. The second-order valence-corrected chi connectivity index (χ2v) is 6.99. The molecular formula is C16H24F3N5O3. The van der Waals surface area contributed by atoms with Crippen LogP contribution in [0.2, 0.25) is 0 Å². The van der Waals surface area contributed by atoms with Crippen molar-refractivity contribution in [3.8, 4) is 0 Å². The van der Waals surface area contributed by atoms with E-state index in [4.69, 9.17) is 4.74 Å². The number of aliphatic hydroxyl groups excluding tert-OH is 2. The fraction of sp³-hybridized carbons (Fsp3) is 0.750. The fourth-order valence-corrected chi connectivity index (χ4v) is 3.22. The Morgan fingerprint density at radius 1 is 1.19 bits per heavy atom. The minimum atomic E-state index is -4.61. The van der Waals surface area contributed by atoms with Crippen molar-refractivity contribution < 1.29 is 28.1 Å². The number of aliphatic hydroxyl groups is 2. The van der Waals surface area contributed by atoms with Crippen molar-refractivity contribution in [3.63, 3.8) is 0 Å². The summed E-state index contributed by atoms with van der Waals surface area (Å²) in [7, 11) is 2.04. The predicted octanol–water partition coefficient (Wildman–Crippen LogP) is -0.356. The summed E-state index contributed by atoms with van der Waals surface area (Å²) in [5.41, 5.74) is -1.13. The van der Waals surface area contributed by atoms with Gasteiger partial charge in [-0.05, 0) is 7.05 Å². The number of hydrogen-bond donors (Lipinski definition) is 3. The first-order chi connectivity index (χ1) is 12.7. The Hall–Kier alpha value is -1.53. The molecule has 3 rings (SSSR count). The Balaban J connectivity index is 1.57. The third-order valence-corrected chi connectivity index (χ3v) is 4.93. The molecule has 0 bridgehead atoms. The smallest absolute Gasteiger partial charge is 0.388 e. The molecule has 2 fully saturated rings. The van der Waals surface area contributed by atoms with Crippen LogP contribution in [-0.2, 0) is 10.9 Å². The van der Waals surface area contributed by atoms with Gasteiger partial charge in [-0.2, -0.15) is 13.2 Å². The molecule has 0 amide bonds. The fourth-order valence-electron chi connectivity index (χ4n) is 3.22. The number of hydrogen-bond acceptors (Lipinski definition) is 8. The molecule has 152 valence electrons. The maximum absolute atomic E-state index is 12.7. The van der Waals surface area contributed by atoms with Gasteiger partial charge in [0, 0.05) is 32.7 Å². The Morgan fingerprint density at radius 2 is 1.89 bits per heavy atom. The second kappa shape index (κ2) is 8.23. The van der Waals surface area contributed by atoms with Crippen LogP contribution in [0.25, 0.3) is 0 Å². The van der Waals surface area contributed by atoms with Crippen LogP contribution in [-0.4, -0.2) is 101 Å². The molecule has 3 N–H and O–H groups in total. The highest BCUT2D eigenvalue weighted by atomic mass is 19.4. The summed E-state index contributed by atoms with van der Waals surface area (Å²) in [6.07, 6.45) is -5.78. The van der Waals surface area contributed by atoms with E-state index in [1.807, 2.05) is 7.05 Å². The molecule has 11 heteroatoms. The first kappa shape index (κ1) is 20.2. The molecular weight excluding hydrogens is 367 g/mol. The van der Waals surface area contributed by atoms with Crippen LogP contribution in [0.4, 0.5) is 19.0 Å². The van der Waals surface area contributed by atoms with Crippen LogP contribution in [0.1, 0.15) is 5.69 Å². The van der Waals surface area contributed by atoms with Crippen molar-refractivity contribution in [1.82, 2.24) is 19.8 Å². The van der Waals surface area contributed by atoms with Gasteiger partial charge in [-0.25, -0.2) is 4.98 Å². The second-order valence-electron chi connectivity index (χ2n) is 6.99. The highest BCUT2D eigenvalue weighted by molar-refractivity contribution is 5.34. The molecule has 2 saturated heterocycles. The van der Waals surface area contributed by atoms with E-state index in [2.05, 4.69) is 25.1 Å². The van der Waals surface area contributed by atoms with Gasteiger partial charge < -0.3 is 25.2 Å². The maximum Gasteiger partial charge on any atom is 0.434 e. The molecule has 27 heavy (non-hydrogen) atoms. The van der Waals surface area contributed by atoms with Crippen LogP contribution >= 0.6 is 0 Å². The molecule has 3 heterocycles. The molecule has 1 aromatic heterocycles. The first-order valence-electron chi connectivity index (χ1n) is 8.78. The van der Waals surface area contributed by atoms with Gasteiger partial charge in [-0.15, -0.1) is 0 Å². The topological polar surface area (TPSA) is 94.0 Å². The quantitative estimate of drug-likeness (QED) is 0.641. The van der Waals surface area contributed by atoms with E-state index in [0.717, 1.165) is 32.4 Å². The number of nitrogens with zero attached hydrogens (tertiary/aromatic N) is 4. The predicted molar refractivity (Wildman–Crippen MR) is 90.1 cm³/mol. The Morgan fingerprint density at radius 3 is 2.56 bits per heavy atom. The Bertz CT molecular complexity index is 628. The van der Waals surface area contributed by atoms with E-state index in [1.165, 1.54) is 0 Å². The SMILES string of the molecule is CN1CCN(CC2OCC(Nc3cncc(C(F)(F)F)n3)C(O)C2O)CC1. The number of piperazine rings is 1. The largest absolute Gasteiger partial charge is 0.434 e. The van der Waals surface area contributed by atoms with Gasteiger partial charge in [0.15, 0.2) is 5.69 Å². The van der Waals surface area contributed by atoms with E-state index >= 15 is 0 Å². The van der Waals surface area contributed by atoms with Gasteiger partial charge in [0.1, 0.15) is 18.0 Å². The highest BCUT2D eigenvalue weighted by Crippen LogP contribution is 2.28. The average Bonchev–Trinajstić information content (AvgIpc) is 2.63. The summed E-state index contributed by atoms with van der Waals surface area (Å²) in [5, 5.41) is 23.4. The molecule has 0 aliphatic carbocycles.